The summed E-state index contributed by atoms with van der Waals surface area (Å²) in [6.07, 6.45) is 1.00. The van der Waals surface area contributed by atoms with Gasteiger partial charge in [0.25, 0.3) is 0 Å². The van der Waals surface area contributed by atoms with Gasteiger partial charge in [-0.2, -0.15) is 0 Å². The minimum absolute atomic E-state index is 0.805. The maximum atomic E-state index is 5.97. The van der Waals surface area contributed by atoms with Crippen molar-refractivity contribution < 1.29 is 4.42 Å². The monoisotopic (exact) mass is 295 g/mol. The maximum Gasteiger partial charge on any atom is 0.148 e. The number of furan rings is 1. The van der Waals surface area contributed by atoms with Crippen LogP contribution in [0.2, 0.25) is 0 Å². The average molecular weight is 296 g/mol. The van der Waals surface area contributed by atoms with E-state index in [1.165, 1.54) is 16.5 Å². The Morgan fingerprint density at radius 1 is 1.29 bits per heavy atom. The van der Waals surface area contributed by atoms with Gasteiger partial charge in [0, 0.05) is 10.9 Å². The van der Waals surface area contributed by atoms with Crippen molar-refractivity contribution in [3.63, 3.8) is 0 Å². The Kier molecular flexibility index (Phi) is 3.89. The molecule has 17 heavy (non-hydrogen) atoms. The molecule has 0 amide bonds. The second-order valence-electron chi connectivity index (χ2n) is 4.26. The number of fused-ring (bicyclic) bond motifs is 1. The van der Waals surface area contributed by atoms with Gasteiger partial charge in [-0.25, -0.2) is 0 Å². The summed E-state index contributed by atoms with van der Waals surface area (Å²) in [4.78, 5) is 0. The lowest BCUT2D eigenvalue weighted by atomic mass is 10.1. The largest absolute Gasteiger partial charge is 0.458 e. The molecule has 1 heterocycles. The Morgan fingerprint density at radius 3 is 2.71 bits per heavy atom. The van der Waals surface area contributed by atoms with E-state index in [9.17, 15) is 0 Å². The molecule has 1 N–H and O–H groups in total. The molecule has 0 aliphatic heterocycles. The Morgan fingerprint density at radius 2 is 2.06 bits per heavy atom. The zero-order chi connectivity index (χ0) is 12.4. The van der Waals surface area contributed by atoms with Gasteiger partial charge >= 0.3 is 0 Å². The predicted molar refractivity (Wildman–Crippen MR) is 75.4 cm³/mol. The lowest BCUT2D eigenvalue weighted by Crippen LogP contribution is -2.12. The van der Waals surface area contributed by atoms with E-state index in [1.54, 1.807) is 0 Å². The van der Waals surface area contributed by atoms with Gasteiger partial charge < -0.3 is 9.73 Å². The molecular formula is C14H18BrNO. The molecule has 0 fully saturated rings. The summed E-state index contributed by atoms with van der Waals surface area (Å²) in [7, 11) is 0. The number of halogens is 1. The van der Waals surface area contributed by atoms with E-state index in [4.69, 9.17) is 4.42 Å². The number of hydrogen-bond donors (Lipinski definition) is 1. The first-order valence-corrected chi connectivity index (χ1v) is 6.87. The van der Waals surface area contributed by atoms with E-state index in [0.29, 0.717) is 0 Å². The molecule has 2 aromatic rings. The molecule has 0 unspecified atom stereocenters. The van der Waals surface area contributed by atoms with Crippen molar-refractivity contribution in [2.24, 2.45) is 0 Å². The summed E-state index contributed by atoms with van der Waals surface area (Å²) in [5, 5.41) is 4.57. The first-order valence-electron chi connectivity index (χ1n) is 6.08. The molecule has 0 atom stereocenters. The molecule has 2 nitrogen and oxygen atoms in total. The molecule has 0 radical (unpaired) electrons. The second kappa shape index (κ2) is 5.23. The molecule has 3 heteroatoms. The third-order valence-electron chi connectivity index (χ3n) is 2.96. The van der Waals surface area contributed by atoms with Crippen LogP contribution in [0.5, 0.6) is 0 Å². The summed E-state index contributed by atoms with van der Waals surface area (Å²) >= 11 is 3.58. The summed E-state index contributed by atoms with van der Waals surface area (Å²) in [5.41, 5.74) is 3.56. The van der Waals surface area contributed by atoms with Crippen LogP contribution in [0.15, 0.2) is 21.0 Å². The number of rotatable bonds is 4. The van der Waals surface area contributed by atoms with Crippen LogP contribution in [0, 0.1) is 6.92 Å². The van der Waals surface area contributed by atoms with E-state index in [2.05, 4.69) is 54.2 Å². The first kappa shape index (κ1) is 12.7. The third-order valence-corrected chi connectivity index (χ3v) is 3.55. The Bertz CT molecular complexity index is 530. The molecule has 1 aromatic heterocycles. The third kappa shape index (κ3) is 2.40. The van der Waals surface area contributed by atoms with Crippen molar-refractivity contribution in [3.05, 3.63) is 33.5 Å². The standard InChI is InChI=1S/C14H18BrNO/c1-4-10-11-6-9(3)7-12(15)14(11)17-13(10)8-16-5-2/h6-7,16H,4-5,8H2,1-3H3. The van der Waals surface area contributed by atoms with Gasteiger partial charge in [-0.3, -0.25) is 0 Å². The molecule has 1 aromatic carbocycles. The Hall–Kier alpha value is -0.800. The van der Waals surface area contributed by atoms with Crippen LogP contribution in [0.3, 0.4) is 0 Å². The van der Waals surface area contributed by atoms with Crippen molar-refractivity contribution >= 4 is 26.9 Å². The minimum Gasteiger partial charge on any atom is -0.458 e. The van der Waals surface area contributed by atoms with Crippen molar-refractivity contribution in [3.8, 4) is 0 Å². The van der Waals surface area contributed by atoms with Crippen LogP contribution >= 0.6 is 15.9 Å². The molecule has 2 rings (SSSR count). The number of hydrogen-bond acceptors (Lipinski definition) is 2. The summed E-state index contributed by atoms with van der Waals surface area (Å²) in [6, 6.07) is 4.31. The van der Waals surface area contributed by atoms with Crippen LogP contribution in [-0.2, 0) is 13.0 Å². The fourth-order valence-electron chi connectivity index (χ4n) is 2.16. The number of benzene rings is 1. The average Bonchev–Trinajstić information content (AvgIpc) is 2.64. The lowest BCUT2D eigenvalue weighted by molar-refractivity contribution is 0.513. The van der Waals surface area contributed by atoms with Crippen LogP contribution in [0.25, 0.3) is 11.0 Å². The van der Waals surface area contributed by atoms with Crippen molar-refractivity contribution in [2.75, 3.05) is 6.54 Å². The smallest absolute Gasteiger partial charge is 0.148 e. The highest BCUT2D eigenvalue weighted by atomic mass is 79.9. The highest BCUT2D eigenvalue weighted by molar-refractivity contribution is 9.10. The molecule has 0 saturated heterocycles. The fourth-order valence-corrected chi connectivity index (χ4v) is 2.82. The maximum absolute atomic E-state index is 5.97. The quantitative estimate of drug-likeness (QED) is 0.915. The molecule has 0 spiro atoms. The van der Waals surface area contributed by atoms with E-state index >= 15 is 0 Å². The topological polar surface area (TPSA) is 25.2 Å². The lowest BCUT2D eigenvalue weighted by Gasteiger charge is -2.00. The van der Waals surface area contributed by atoms with E-state index in [-0.39, 0.29) is 0 Å². The van der Waals surface area contributed by atoms with Crippen LogP contribution in [0.1, 0.15) is 30.7 Å². The predicted octanol–water partition coefficient (Wildman–Crippen LogP) is 4.18. The van der Waals surface area contributed by atoms with Gasteiger partial charge in [0.2, 0.25) is 0 Å². The SMILES string of the molecule is CCNCc1oc2c(Br)cc(C)cc2c1CC. The number of nitrogens with one attached hydrogen (secondary N) is 1. The Labute approximate surface area is 111 Å². The highest BCUT2D eigenvalue weighted by Gasteiger charge is 2.14. The van der Waals surface area contributed by atoms with Gasteiger partial charge in [0.05, 0.1) is 11.0 Å². The summed E-state index contributed by atoms with van der Waals surface area (Å²) < 4.78 is 7.01. The van der Waals surface area contributed by atoms with Crippen LogP contribution in [0.4, 0.5) is 0 Å². The highest BCUT2D eigenvalue weighted by Crippen LogP contribution is 2.33. The van der Waals surface area contributed by atoms with Gasteiger partial charge in [-0.05, 0) is 53.5 Å². The normalized spacial score (nSPS) is 11.3. The van der Waals surface area contributed by atoms with Gasteiger partial charge in [-0.15, -0.1) is 0 Å². The van der Waals surface area contributed by atoms with E-state index in [1.807, 2.05) is 0 Å². The second-order valence-corrected chi connectivity index (χ2v) is 5.12. The van der Waals surface area contributed by atoms with Crippen molar-refractivity contribution in [1.29, 1.82) is 0 Å². The molecule has 0 aliphatic rings. The van der Waals surface area contributed by atoms with Gasteiger partial charge in [-0.1, -0.05) is 13.8 Å². The summed E-state index contributed by atoms with van der Waals surface area (Å²) in [5.74, 6) is 1.07. The Balaban J connectivity index is 2.58. The molecule has 92 valence electrons. The zero-order valence-electron chi connectivity index (χ0n) is 10.6. The van der Waals surface area contributed by atoms with Crippen molar-refractivity contribution in [2.45, 2.75) is 33.7 Å². The fraction of sp³-hybridized carbons (Fsp3) is 0.429. The van der Waals surface area contributed by atoms with Crippen LogP contribution in [-0.4, -0.2) is 6.54 Å². The molecule has 0 aliphatic carbocycles. The van der Waals surface area contributed by atoms with Gasteiger partial charge in [0.15, 0.2) is 0 Å². The zero-order valence-corrected chi connectivity index (χ0v) is 12.1. The first-order chi connectivity index (χ1) is 8.17. The van der Waals surface area contributed by atoms with E-state index < -0.39 is 0 Å². The molecule has 0 saturated carbocycles. The van der Waals surface area contributed by atoms with Gasteiger partial charge in [0.1, 0.15) is 11.3 Å². The molecule has 0 bridgehead atoms. The number of aryl methyl sites for hydroxylation is 2. The molecular weight excluding hydrogens is 278 g/mol. The van der Waals surface area contributed by atoms with Crippen LogP contribution < -0.4 is 5.32 Å². The van der Waals surface area contributed by atoms with Crippen molar-refractivity contribution in [1.82, 2.24) is 5.32 Å². The minimum atomic E-state index is 0.805. The van der Waals surface area contributed by atoms with E-state index in [0.717, 1.165) is 35.3 Å². The summed E-state index contributed by atoms with van der Waals surface area (Å²) in [6.45, 7) is 8.16.